The molecule has 0 aromatic heterocycles. The summed E-state index contributed by atoms with van der Waals surface area (Å²) < 4.78 is 0.983. The van der Waals surface area contributed by atoms with E-state index in [9.17, 15) is 0 Å². The lowest BCUT2D eigenvalue weighted by Crippen LogP contribution is -1.94. The van der Waals surface area contributed by atoms with Crippen LogP contribution in [0.15, 0.2) is 40.9 Å². The van der Waals surface area contributed by atoms with Crippen LogP contribution in [0.2, 0.25) is 5.02 Å². The summed E-state index contributed by atoms with van der Waals surface area (Å²) in [7, 11) is 0. The van der Waals surface area contributed by atoms with E-state index >= 15 is 0 Å². The van der Waals surface area contributed by atoms with Gasteiger partial charge in [0, 0.05) is 15.8 Å². The summed E-state index contributed by atoms with van der Waals surface area (Å²) in [5.41, 5.74) is 9.44. The lowest BCUT2D eigenvalue weighted by atomic mass is 10.2. The summed E-state index contributed by atoms with van der Waals surface area (Å²) in [6.45, 7) is 1.98. The van der Waals surface area contributed by atoms with Gasteiger partial charge in [0.2, 0.25) is 0 Å². The molecule has 2 aromatic rings. The van der Waals surface area contributed by atoms with Crippen molar-refractivity contribution in [2.24, 2.45) is 0 Å². The maximum Gasteiger partial charge on any atom is 0.0641 e. The van der Waals surface area contributed by atoms with Crippen LogP contribution in [0, 0.1) is 6.92 Å². The molecule has 17 heavy (non-hydrogen) atoms. The average molecular weight is 312 g/mol. The van der Waals surface area contributed by atoms with Crippen LogP contribution in [0.25, 0.3) is 0 Å². The Labute approximate surface area is 114 Å². The molecular formula is C13H12BrClN2. The third kappa shape index (κ3) is 2.93. The Morgan fingerprint density at radius 3 is 2.65 bits per heavy atom. The number of nitrogens with one attached hydrogen (secondary N) is 1. The molecule has 0 aliphatic rings. The van der Waals surface area contributed by atoms with Crippen LogP contribution in [0.5, 0.6) is 0 Å². The van der Waals surface area contributed by atoms with Crippen LogP contribution < -0.4 is 11.1 Å². The normalized spacial score (nSPS) is 10.3. The predicted molar refractivity (Wildman–Crippen MR) is 78.0 cm³/mol. The number of rotatable bonds is 2. The smallest absolute Gasteiger partial charge is 0.0641 e. The summed E-state index contributed by atoms with van der Waals surface area (Å²) in [5, 5.41) is 3.95. The average Bonchev–Trinajstić information content (AvgIpc) is 2.29. The highest BCUT2D eigenvalue weighted by atomic mass is 79.9. The lowest BCUT2D eigenvalue weighted by Gasteiger charge is -2.10. The van der Waals surface area contributed by atoms with Gasteiger partial charge in [0.05, 0.1) is 10.7 Å². The Morgan fingerprint density at radius 2 is 1.94 bits per heavy atom. The van der Waals surface area contributed by atoms with Crippen LogP contribution in [0.4, 0.5) is 17.1 Å². The monoisotopic (exact) mass is 310 g/mol. The van der Waals surface area contributed by atoms with E-state index in [0.29, 0.717) is 5.02 Å². The van der Waals surface area contributed by atoms with E-state index in [4.69, 9.17) is 17.3 Å². The fourth-order valence-electron chi connectivity index (χ4n) is 1.50. The molecule has 0 spiro atoms. The fraction of sp³-hybridized carbons (Fsp3) is 0.0769. The molecule has 0 fully saturated rings. The van der Waals surface area contributed by atoms with Crippen molar-refractivity contribution in [1.82, 2.24) is 0 Å². The van der Waals surface area contributed by atoms with E-state index in [1.54, 1.807) is 0 Å². The van der Waals surface area contributed by atoms with E-state index in [1.165, 1.54) is 0 Å². The molecule has 0 aliphatic heterocycles. The maximum absolute atomic E-state index is 6.11. The van der Waals surface area contributed by atoms with Crippen molar-refractivity contribution in [2.75, 3.05) is 11.1 Å². The molecule has 3 N–H and O–H groups in total. The maximum atomic E-state index is 6.11. The van der Waals surface area contributed by atoms with Gasteiger partial charge in [-0.05, 0) is 48.9 Å². The molecule has 4 heteroatoms. The number of benzene rings is 2. The van der Waals surface area contributed by atoms with Gasteiger partial charge in [-0.25, -0.2) is 0 Å². The van der Waals surface area contributed by atoms with Gasteiger partial charge in [0.15, 0.2) is 0 Å². The first kappa shape index (κ1) is 12.3. The van der Waals surface area contributed by atoms with Crippen molar-refractivity contribution in [3.05, 3.63) is 51.5 Å². The SMILES string of the molecule is Cc1cc(Nc2cc(Br)ccc2Cl)ccc1N. The first-order valence-electron chi connectivity index (χ1n) is 5.14. The molecule has 0 heterocycles. The minimum atomic E-state index is 0.683. The molecule has 0 aliphatic carbocycles. The Balaban J connectivity index is 2.31. The fourth-order valence-corrected chi connectivity index (χ4v) is 2.03. The van der Waals surface area contributed by atoms with Gasteiger partial charge >= 0.3 is 0 Å². The van der Waals surface area contributed by atoms with Crippen LogP contribution in [0.3, 0.4) is 0 Å². The van der Waals surface area contributed by atoms with Gasteiger partial charge in [-0.2, -0.15) is 0 Å². The third-order valence-corrected chi connectivity index (χ3v) is 3.30. The summed E-state index contributed by atoms with van der Waals surface area (Å²) in [6.07, 6.45) is 0. The van der Waals surface area contributed by atoms with E-state index in [0.717, 1.165) is 27.1 Å². The molecule has 2 aromatic carbocycles. The summed E-state index contributed by atoms with van der Waals surface area (Å²) >= 11 is 9.53. The molecule has 0 atom stereocenters. The molecule has 0 bridgehead atoms. The second kappa shape index (κ2) is 4.98. The first-order chi connectivity index (χ1) is 8.06. The molecular weight excluding hydrogens is 300 g/mol. The number of halogens is 2. The molecule has 2 rings (SSSR count). The van der Waals surface area contributed by atoms with Crippen LogP contribution >= 0.6 is 27.5 Å². The minimum absolute atomic E-state index is 0.683. The Kier molecular flexibility index (Phi) is 3.60. The van der Waals surface area contributed by atoms with Crippen LogP contribution in [-0.2, 0) is 0 Å². The Hall–Kier alpha value is -1.19. The van der Waals surface area contributed by atoms with Crippen molar-refractivity contribution in [3.8, 4) is 0 Å². The summed E-state index contributed by atoms with van der Waals surface area (Å²) in [5.74, 6) is 0. The standard InChI is InChI=1S/C13H12BrClN2/c1-8-6-10(3-5-12(8)16)17-13-7-9(14)2-4-11(13)15/h2-7,17H,16H2,1H3. The van der Waals surface area contributed by atoms with Crippen molar-refractivity contribution < 1.29 is 0 Å². The molecule has 2 nitrogen and oxygen atoms in total. The zero-order valence-corrected chi connectivity index (χ0v) is 11.6. The predicted octanol–water partition coefficient (Wildman–Crippen LogP) is 4.74. The molecule has 88 valence electrons. The molecule has 0 saturated carbocycles. The quantitative estimate of drug-likeness (QED) is 0.786. The van der Waals surface area contributed by atoms with Crippen molar-refractivity contribution in [3.63, 3.8) is 0 Å². The Bertz CT molecular complexity index is 555. The van der Waals surface area contributed by atoms with Gasteiger partial charge in [-0.3, -0.25) is 0 Å². The zero-order valence-electron chi connectivity index (χ0n) is 9.30. The number of hydrogen-bond donors (Lipinski definition) is 2. The number of hydrogen-bond acceptors (Lipinski definition) is 2. The highest BCUT2D eigenvalue weighted by Crippen LogP contribution is 2.29. The number of aryl methyl sites for hydroxylation is 1. The van der Waals surface area contributed by atoms with Gasteiger partial charge in [-0.15, -0.1) is 0 Å². The molecule has 0 radical (unpaired) electrons. The van der Waals surface area contributed by atoms with Crippen LogP contribution in [-0.4, -0.2) is 0 Å². The van der Waals surface area contributed by atoms with E-state index in [2.05, 4.69) is 21.2 Å². The first-order valence-corrected chi connectivity index (χ1v) is 6.31. The molecule has 0 amide bonds. The van der Waals surface area contributed by atoms with Crippen LogP contribution in [0.1, 0.15) is 5.56 Å². The highest BCUT2D eigenvalue weighted by Gasteiger charge is 2.02. The third-order valence-electron chi connectivity index (χ3n) is 2.48. The molecule has 0 saturated heterocycles. The van der Waals surface area contributed by atoms with Crippen molar-refractivity contribution in [1.29, 1.82) is 0 Å². The van der Waals surface area contributed by atoms with E-state index in [-0.39, 0.29) is 0 Å². The van der Waals surface area contributed by atoms with E-state index < -0.39 is 0 Å². The lowest BCUT2D eigenvalue weighted by molar-refractivity contribution is 1.45. The number of nitrogens with two attached hydrogens (primary N) is 1. The number of nitrogen functional groups attached to an aromatic ring is 1. The van der Waals surface area contributed by atoms with Gasteiger partial charge in [-0.1, -0.05) is 27.5 Å². The zero-order chi connectivity index (χ0) is 12.4. The summed E-state index contributed by atoms with van der Waals surface area (Å²) in [6, 6.07) is 11.5. The van der Waals surface area contributed by atoms with E-state index in [1.807, 2.05) is 43.3 Å². The second-order valence-corrected chi connectivity index (χ2v) is 5.14. The van der Waals surface area contributed by atoms with Gasteiger partial charge in [0.1, 0.15) is 0 Å². The minimum Gasteiger partial charge on any atom is -0.399 e. The Morgan fingerprint density at radius 1 is 1.18 bits per heavy atom. The van der Waals surface area contributed by atoms with Crippen molar-refractivity contribution >= 4 is 44.6 Å². The van der Waals surface area contributed by atoms with Gasteiger partial charge < -0.3 is 11.1 Å². The topological polar surface area (TPSA) is 38.0 Å². The number of anilines is 3. The largest absolute Gasteiger partial charge is 0.399 e. The van der Waals surface area contributed by atoms with Gasteiger partial charge in [0.25, 0.3) is 0 Å². The second-order valence-electron chi connectivity index (χ2n) is 3.82. The summed E-state index contributed by atoms with van der Waals surface area (Å²) in [4.78, 5) is 0. The highest BCUT2D eigenvalue weighted by molar-refractivity contribution is 9.10. The molecule has 0 unspecified atom stereocenters. The van der Waals surface area contributed by atoms with Crippen molar-refractivity contribution in [2.45, 2.75) is 6.92 Å².